The zero-order valence-electron chi connectivity index (χ0n) is 17.4. The van der Waals surface area contributed by atoms with Gasteiger partial charge < -0.3 is 10.2 Å². The maximum atomic E-state index is 13.1. The Kier molecular flexibility index (Phi) is 8.64. The zero-order valence-corrected chi connectivity index (χ0v) is 18.9. The van der Waals surface area contributed by atoms with Crippen LogP contribution in [0.1, 0.15) is 44.6 Å². The number of thioether (sulfide) groups is 1. The molecular formula is C24H29ClN2O2S. The highest BCUT2D eigenvalue weighted by molar-refractivity contribution is 7.99. The monoisotopic (exact) mass is 444 g/mol. The lowest BCUT2D eigenvalue weighted by molar-refractivity contribution is -0.140. The van der Waals surface area contributed by atoms with Crippen molar-refractivity contribution in [3.63, 3.8) is 0 Å². The molecule has 0 aromatic heterocycles. The number of nitrogens with one attached hydrogen (secondary N) is 1. The lowest BCUT2D eigenvalue weighted by Crippen LogP contribution is -2.49. The van der Waals surface area contributed by atoms with E-state index < -0.39 is 6.04 Å². The maximum absolute atomic E-state index is 13.1. The van der Waals surface area contributed by atoms with Gasteiger partial charge in [0.2, 0.25) is 11.8 Å². The van der Waals surface area contributed by atoms with Crippen molar-refractivity contribution in [2.24, 2.45) is 0 Å². The second kappa shape index (κ2) is 11.4. The van der Waals surface area contributed by atoms with E-state index in [2.05, 4.69) is 5.32 Å². The summed E-state index contributed by atoms with van der Waals surface area (Å²) in [7, 11) is 0. The molecule has 0 spiro atoms. The van der Waals surface area contributed by atoms with Crippen LogP contribution in [0.4, 0.5) is 0 Å². The molecule has 2 aromatic rings. The van der Waals surface area contributed by atoms with Crippen LogP contribution in [0.2, 0.25) is 5.02 Å². The molecule has 160 valence electrons. The van der Waals surface area contributed by atoms with Crippen LogP contribution in [0.3, 0.4) is 0 Å². The Labute approximate surface area is 188 Å². The van der Waals surface area contributed by atoms with Crippen LogP contribution >= 0.6 is 23.4 Å². The number of hydrogen-bond donors (Lipinski definition) is 1. The van der Waals surface area contributed by atoms with E-state index in [-0.39, 0.29) is 17.9 Å². The summed E-state index contributed by atoms with van der Waals surface area (Å²) in [5.74, 6) is 0.596. The zero-order chi connectivity index (χ0) is 21.3. The molecule has 1 aliphatic rings. The van der Waals surface area contributed by atoms with Crippen molar-refractivity contribution in [2.75, 3.05) is 5.75 Å². The first-order valence-electron chi connectivity index (χ1n) is 10.5. The molecule has 0 aliphatic heterocycles. The summed E-state index contributed by atoms with van der Waals surface area (Å²) in [6.45, 7) is 2.22. The molecule has 0 saturated heterocycles. The Morgan fingerprint density at radius 3 is 2.43 bits per heavy atom. The Morgan fingerprint density at radius 2 is 1.77 bits per heavy atom. The predicted molar refractivity (Wildman–Crippen MR) is 124 cm³/mol. The molecule has 0 radical (unpaired) electrons. The number of nitrogens with zero attached hydrogens (tertiary/aromatic N) is 1. The van der Waals surface area contributed by atoms with E-state index in [9.17, 15) is 9.59 Å². The third-order valence-electron chi connectivity index (χ3n) is 5.46. The lowest BCUT2D eigenvalue weighted by atomic mass is 10.1. The number of benzene rings is 2. The van der Waals surface area contributed by atoms with Crippen LogP contribution in [0.5, 0.6) is 0 Å². The summed E-state index contributed by atoms with van der Waals surface area (Å²) in [5.41, 5.74) is 0.962. The molecule has 0 bridgehead atoms. The standard InChI is InChI=1S/C24H29ClN2O2S/c1-18(24(29)26-21-7-5-6-8-21)27(17-19-11-13-20(25)14-12-19)23(28)15-16-30-22-9-3-2-4-10-22/h2-4,9-14,18,21H,5-8,15-17H2,1H3,(H,26,29). The molecule has 1 saturated carbocycles. The maximum Gasteiger partial charge on any atom is 0.242 e. The van der Waals surface area contributed by atoms with Gasteiger partial charge in [0.15, 0.2) is 0 Å². The summed E-state index contributed by atoms with van der Waals surface area (Å²) in [6, 6.07) is 17.2. The number of halogens is 1. The van der Waals surface area contributed by atoms with Crippen molar-refractivity contribution in [3.8, 4) is 0 Å². The molecule has 30 heavy (non-hydrogen) atoms. The van der Waals surface area contributed by atoms with Gasteiger partial charge in [-0.2, -0.15) is 0 Å². The Morgan fingerprint density at radius 1 is 1.10 bits per heavy atom. The topological polar surface area (TPSA) is 49.4 Å². The fourth-order valence-electron chi connectivity index (χ4n) is 3.68. The first-order chi connectivity index (χ1) is 14.5. The summed E-state index contributed by atoms with van der Waals surface area (Å²) >= 11 is 7.65. The molecule has 4 nitrogen and oxygen atoms in total. The highest BCUT2D eigenvalue weighted by atomic mass is 35.5. The van der Waals surface area contributed by atoms with Crippen LogP contribution in [0, 0.1) is 0 Å². The average Bonchev–Trinajstić information content (AvgIpc) is 3.26. The molecule has 1 atom stereocenters. The first kappa shape index (κ1) is 22.7. The third kappa shape index (κ3) is 6.78. The van der Waals surface area contributed by atoms with Crippen molar-refractivity contribution >= 4 is 35.2 Å². The fourth-order valence-corrected chi connectivity index (χ4v) is 4.67. The van der Waals surface area contributed by atoms with E-state index in [4.69, 9.17) is 11.6 Å². The molecule has 2 aromatic carbocycles. The third-order valence-corrected chi connectivity index (χ3v) is 6.73. The lowest BCUT2D eigenvalue weighted by Gasteiger charge is -2.30. The fraction of sp³-hybridized carbons (Fsp3) is 0.417. The predicted octanol–water partition coefficient (Wildman–Crippen LogP) is 5.30. The minimum Gasteiger partial charge on any atom is -0.352 e. The van der Waals surface area contributed by atoms with Crippen molar-refractivity contribution in [1.29, 1.82) is 0 Å². The molecule has 1 fully saturated rings. The van der Waals surface area contributed by atoms with E-state index in [0.29, 0.717) is 23.7 Å². The minimum absolute atomic E-state index is 0.0116. The van der Waals surface area contributed by atoms with Gasteiger partial charge in [-0.15, -0.1) is 11.8 Å². The van der Waals surface area contributed by atoms with Crippen LogP contribution in [0.25, 0.3) is 0 Å². The van der Waals surface area contributed by atoms with Gasteiger partial charge in [-0.1, -0.05) is 54.8 Å². The number of carbonyl (C=O) groups is 2. The van der Waals surface area contributed by atoms with Gasteiger partial charge in [0.1, 0.15) is 6.04 Å². The highest BCUT2D eigenvalue weighted by Crippen LogP contribution is 2.21. The van der Waals surface area contributed by atoms with Crippen molar-refractivity contribution < 1.29 is 9.59 Å². The molecular weight excluding hydrogens is 416 g/mol. The van der Waals surface area contributed by atoms with Gasteiger partial charge in [-0.25, -0.2) is 0 Å². The molecule has 1 N–H and O–H groups in total. The first-order valence-corrected chi connectivity index (χ1v) is 11.9. The molecule has 0 heterocycles. The summed E-state index contributed by atoms with van der Waals surface area (Å²) in [6.07, 6.45) is 4.75. The quantitative estimate of drug-likeness (QED) is 0.534. The van der Waals surface area contributed by atoms with Gasteiger partial charge in [-0.05, 0) is 49.6 Å². The molecule has 2 amide bonds. The number of rotatable bonds is 9. The van der Waals surface area contributed by atoms with Crippen LogP contribution in [0.15, 0.2) is 59.5 Å². The van der Waals surface area contributed by atoms with Crippen molar-refractivity contribution in [2.45, 2.75) is 62.6 Å². The van der Waals surface area contributed by atoms with Gasteiger partial charge in [0.25, 0.3) is 0 Å². The molecule has 6 heteroatoms. The number of carbonyl (C=O) groups excluding carboxylic acids is 2. The van der Waals surface area contributed by atoms with Crippen LogP contribution in [-0.2, 0) is 16.1 Å². The van der Waals surface area contributed by atoms with Gasteiger partial charge in [0.05, 0.1) is 0 Å². The van der Waals surface area contributed by atoms with E-state index in [0.717, 1.165) is 36.1 Å². The van der Waals surface area contributed by atoms with Gasteiger partial charge >= 0.3 is 0 Å². The Bertz CT molecular complexity index is 823. The van der Waals surface area contributed by atoms with Gasteiger partial charge in [0, 0.05) is 34.7 Å². The van der Waals surface area contributed by atoms with Crippen LogP contribution < -0.4 is 5.32 Å². The Balaban J connectivity index is 1.64. The smallest absolute Gasteiger partial charge is 0.242 e. The largest absolute Gasteiger partial charge is 0.352 e. The normalized spacial score (nSPS) is 15.0. The molecule has 1 unspecified atom stereocenters. The average molecular weight is 445 g/mol. The number of hydrogen-bond acceptors (Lipinski definition) is 3. The van der Waals surface area contributed by atoms with E-state index in [1.54, 1.807) is 16.7 Å². The molecule has 3 rings (SSSR count). The van der Waals surface area contributed by atoms with Crippen LogP contribution in [-0.4, -0.2) is 34.6 Å². The van der Waals surface area contributed by atoms with Crippen molar-refractivity contribution in [3.05, 3.63) is 65.2 Å². The Hall–Kier alpha value is -1.98. The SMILES string of the molecule is CC(C(=O)NC1CCCC1)N(Cc1ccc(Cl)cc1)C(=O)CCSc1ccccc1. The summed E-state index contributed by atoms with van der Waals surface area (Å²) < 4.78 is 0. The van der Waals surface area contributed by atoms with Crippen molar-refractivity contribution in [1.82, 2.24) is 10.2 Å². The van der Waals surface area contributed by atoms with E-state index >= 15 is 0 Å². The second-order valence-electron chi connectivity index (χ2n) is 7.73. The minimum atomic E-state index is -0.518. The summed E-state index contributed by atoms with van der Waals surface area (Å²) in [5, 5.41) is 3.79. The second-order valence-corrected chi connectivity index (χ2v) is 9.33. The van der Waals surface area contributed by atoms with E-state index in [1.165, 1.54) is 0 Å². The summed E-state index contributed by atoms with van der Waals surface area (Å²) in [4.78, 5) is 28.8. The van der Waals surface area contributed by atoms with E-state index in [1.807, 2.05) is 61.5 Å². The number of amides is 2. The van der Waals surface area contributed by atoms with Gasteiger partial charge in [-0.3, -0.25) is 9.59 Å². The highest BCUT2D eigenvalue weighted by Gasteiger charge is 2.28. The molecule has 1 aliphatic carbocycles.